The Labute approximate surface area is 166 Å². The fraction of sp³-hybridized carbons (Fsp3) is 0.409. The molecule has 0 amide bonds. The number of hydrogen-bond acceptors (Lipinski definition) is 4. The quantitative estimate of drug-likeness (QED) is 0.600. The number of carbonyl (C=O) groups is 1. The van der Waals surface area contributed by atoms with Gasteiger partial charge in [-0.25, -0.2) is 0 Å². The van der Waals surface area contributed by atoms with E-state index in [9.17, 15) is 4.79 Å². The van der Waals surface area contributed by atoms with Gasteiger partial charge in [-0.2, -0.15) is 0 Å². The Morgan fingerprint density at radius 3 is 2.56 bits per heavy atom. The molecular formula is C22H28ClNO3. The van der Waals surface area contributed by atoms with Gasteiger partial charge in [-0.05, 0) is 43.9 Å². The van der Waals surface area contributed by atoms with Crippen LogP contribution in [0, 0.1) is 6.92 Å². The minimum atomic E-state index is -0.778. The van der Waals surface area contributed by atoms with Gasteiger partial charge in [0.2, 0.25) is 0 Å². The molecule has 2 rings (SSSR count). The third kappa shape index (κ3) is 7.07. The molecule has 27 heavy (non-hydrogen) atoms. The van der Waals surface area contributed by atoms with Crippen LogP contribution in [0.3, 0.4) is 0 Å². The average Bonchev–Trinajstić information content (AvgIpc) is 2.64. The molecule has 2 aromatic rings. The van der Waals surface area contributed by atoms with E-state index in [-0.39, 0.29) is 25.6 Å². The van der Waals surface area contributed by atoms with Crippen molar-refractivity contribution in [3.8, 4) is 0 Å². The Bertz CT molecular complexity index is 757. The average molecular weight is 390 g/mol. The van der Waals surface area contributed by atoms with Crippen molar-refractivity contribution in [3.05, 3.63) is 69.7 Å². The zero-order chi connectivity index (χ0) is 19.9. The van der Waals surface area contributed by atoms with E-state index in [4.69, 9.17) is 27.2 Å². The molecule has 0 aliphatic carbocycles. The molecule has 0 saturated heterocycles. The molecule has 0 fully saturated rings. The van der Waals surface area contributed by atoms with Crippen LogP contribution in [-0.2, 0) is 17.8 Å². The highest BCUT2D eigenvalue weighted by Gasteiger charge is 2.17. The predicted octanol–water partition coefficient (Wildman–Crippen LogP) is 4.08. The van der Waals surface area contributed by atoms with Crippen LogP contribution in [0.4, 0.5) is 0 Å². The van der Waals surface area contributed by atoms with Gasteiger partial charge < -0.3 is 15.6 Å². The molecule has 3 N–H and O–H groups in total. The molecule has 0 heterocycles. The van der Waals surface area contributed by atoms with E-state index in [1.54, 1.807) is 19.1 Å². The van der Waals surface area contributed by atoms with Crippen LogP contribution in [-0.4, -0.2) is 29.6 Å². The molecule has 0 aromatic heterocycles. The van der Waals surface area contributed by atoms with Crippen molar-refractivity contribution in [1.29, 1.82) is 0 Å². The number of Topliss-reactive ketones (excluding diaryl/α,β-unsaturated/α-hetero) is 1. The van der Waals surface area contributed by atoms with Gasteiger partial charge in [-0.1, -0.05) is 53.6 Å². The number of rotatable bonds is 10. The molecule has 0 saturated carbocycles. The summed E-state index contributed by atoms with van der Waals surface area (Å²) in [5.74, 6) is 0.0892. The summed E-state index contributed by atoms with van der Waals surface area (Å²) in [5, 5.41) is 9.63. The van der Waals surface area contributed by atoms with Crippen molar-refractivity contribution in [2.75, 3.05) is 13.2 Å². The summed E-state index contributed by atoms with van der Waals surface area (Å²) in [6.07, 6.45) is 2.18. The van der Waals surface area contributed by atoms with Crippen LogP contribution in [0.15, 0.2) is 42.5 Å². The standard InChI is InChI=1S/C22H28ClNO3/c1-16-6-8-17(9-7-16)4-3-5-21(26)18-10-11-19(20(23)12-18)13-27-15-22(2,24)14-25/h6-12,25H,3-5,13-15,24H2,1-2H3. The van der Waals surface area contributed by atoms with Crippen molar-refractivity contribution < 1.29 is 14.6 Å². The fourth-order valence-electron chi connectivity index (χ4n) is 2.63. The third-order valence-electron chi connectivity index (χ3n) is 4.42. The SMILES string of the molecule is Cc1ccc(CCCC(=O)c2ccc(COCC(C)(N)CO)c(Cl)c2)cc1. The number of aliphatic hydroxyl groups is 1. The van der Waals surface area contributed by atoms with E-state index in [0.29, 0.717) is 17.0 Å². The molecule has 4 nitrogen and oxygen atoms in total. The first kappa shape index (κ1) is 21.6. The number of ether oxygens (including phenoxy) is 1. The van der Waals surface area contributed by atoms with Gasteiger partial charge in [-0.3, -0.25) is 4.79 Å². The monoisotopic (exact) mass is 389 g/mol. The van der Waals surface area contributed by atoms with Crippen molar-refractivity contribution in [1.82, 2.24) is 0 Å². The summed E-state index contributed by atoms with van der Waals surface area (Å²) in [7, 11) is 0. The Balaban J connectivity index is 1.84. The Kier molecular flexibility index (Phi) is 7.99. The van der Waals surface area contributed by atoms with E-state index in [2.05, 4.69) is 31.2 Å². The lowest BCUT2D eigenvalue weighted by Gasteiger charge is -2.21. The van der Waals surface area contributed by atoms with Gasteiger partial charge in [0.1, 0.15) is 0 Å². The molecule has 0 radical (unpaired) electrons. The highest BCUT2D eigenvalue weighted by molar-refractivity contribution is 6.31. The van der Waals surface area contributed by atoms with Gasteiger partial charge in [0.25, 0.3) is 0 Å². The molecule has 0 aliphatic heterocycles. The normalized spacial score (nSPS) is 13.4. The van der Waals surface area contributed by atoms with Gasteiger partial charge in [-0.15, -0.1) is 0 Å². The Morgan fingerprint density at radius 2 is 1.93 bits per heavy atom. The Morgan fingerprint density at radius 1 is 1.22 bits per heavy atom. The molecule has 0 spiro atoms. The van der Waals surface area contributed by atoms with Crippen LogP contribution in [0.25, 0.3) is 0 Å². The van der Waals surface area contributed by atoms with Gasteiger partial charge in [0.05, 0.1) is 25.4 Å². The number of hydrogen-bond donors (Lipinski definition) is 2. The van der Waals surface area contributed by atoms with Crippen molar-refractivity contribution in [2.45, 2.75) is 45.3 Å². The fourth-order valence-corrected chi connectivity index (χ4v) is 2.86. The summed E-state index contributed by atoms with van der Waals surface area (Å²) >= 11 is 6.29. The highest BCUT2D eigenvalue weighted by atomic mass is 35.5. The van der Waals surface area contributed by atoms with E-state index in [0.717, 1.165) is 18.4 Å². The predicted molar refractivity (Wildman–Crippen MR) is 109 cm³/mol. The second kappa shape index (κ2) is 10.00. The van der Waals surface area contributed by atoms with E-state index in [1.165, 1.54) is 11.1 Å². The van der Waals surface area contributed by atoms with Crippen LogP contribution in [0.5, 0.6) is 0 Å². The maximum atomic E-state index is 12.4. The summed E-state index contributed by atoms with van der Waals surface area (Å²) in [5.41, 5.74) is 8.94. The van der Waals surface area contributed by atoms with Crippen LogP contribution in [0.2, 0.25) is 5.02 Å². The van der Waals surface area contributed by atoms with Gasteiger partial charge in [0.15, 0.2) is 5.78 Å². The molecule has 1 unspecified atom stereocenters. The number of benzene rings is 2. The largest absolute Gasteiger partial charge is 0.394 e. The zero-order valence-electron chi connectivity index (χ0n) is 16.0. The maximum absolute atomic E-state index is 12.4. The van der Waals surface area contributed by atoms with Gasteiger partial charge >= 0.3 is 0 Å². The minimum Gasteiger partial charge on any atom is -0.394 e. The topological polar surface area (TPSA) is 72.5 Å². The first-order chi connectivity index (χ1) is 12.8. The number of halogens is 1. The van der Waals surface area contributed by atoms with Gasteiger partial charge in [0, 0.05) is 17.0 Å². The number of ketones is 1. The van der Waals surface area contributed by atoms with E-state index in [1.807, 2.05) is 6.07 Å². The molecule has 5 heteroatoms. The molecular weight excluding hydrogens is 362 g/mol. The first-order valence-corrected chi connectivity index (χ1v) is 9.53. The summed E-state index contributed by atoms with van der Waals surface area (Å²) in [4.78, 5) is 12.4. The smallest absolute Gasteiger partial charge is 0.162 e. The van der Waals surface area contributed by atoms with Crippen LogP contribution >= 0.6 is 11.6 Å². The van der Waals surface area contributed by atoms with Crippen LogP contribution in [0.1, 0.15) is 46.8 Å². The lowest BCUT2D eigenvalue weighted by atomic mass is 10.0. The maximum Gasteiger partial charge on any atom is 0.162 e. The summed E-state index contributed by atoms with van der Waals surface area (Å²) in [6.45, 7) is 4.13. The minimum absolute atomic E-state index is 0.0892. The van der Waals surface area contributed by atoms with E-state index >= 15 is 0 Å². The molecule has 0 bridgehead atoms. The number of carbonyl (C=O) groups excluding carboxylic acids is 1. The van der Waals surface area contributed by atoms with Crippen molar-refractivity contribution in [3.63, 3.8) is 0 Å². The lowest BCUT2D eigenvalue weighted by molar-refractivity contribution is 0.0535. The number of aliphatic hydroxyl groups excluding tert-OH is 1. The van der Waals surface area contributed by atoms with Crippen molar-refractivity contribution in [2.24, 2.45) is 5.73 Å². The molecule has 1 atom stereocenters. The first-order valence-electron chi connectivity index (χ1n) is 9.15. The van der Waals surface area contributed by atoms with Crippen molar-refractivity contribution >= 4 is 17.4 Å². The number of nitrogens with two attached hydrogens (primary N) is 1. The second-order valence-corrected chi connectivity index (χ2v) is 7.78. The Hall–Kier alpha value is -1.72. The third-order valence-corrected chi connectivity index (χ3v) is 4.77. The summed E-state index contributed by atoms with van der Waals surface area (Å²) in [6, 6.07) is 13.7. The van der Waals surface area contributed by atoms with E-state index < -0.39 is 5.54 Å². The number of aryl methyl sites for hydroxylation is 2. The van der Waals surface area contributed by atoms with Crippen LogP contribution < -0.4 is 5.73 Å². The second-order valence-electron chi connectivity index (χ2n) is 7.37. The molecule has 0 aliphatic rings. The lowest BCUT2D eigenvalue weighted by Crippen LogP contribution is -2.44. The molecule has 2 aromatic carbocycles. The zero-order valence-corrected chi connectivity index (χ0v) is 16.8. The summed E-state index contributed by atoms with van der Waals surface area (Å²) < 4.78 is 5.52. The molecule has 146 valence electrons. The highest BCUT2D eigenvalue weighted by Crippen LogP contribution is 2.21.